The van der Waals surface area contributed by atoms with Gasteiger partial charge in [0.05, 0.1) is 25.4 Å². The number of carboxylic acid groups (broad SMARTS) is 1. The first-order valence-corrected chi connectivity index (χ1v) is 16.3. The number of amidine groups is 1. The molecule has 0 saturated heterocycles. The maximum atomic E-state index is 13.2. The average Bonchev–Trinajstić information content (AvgIpc) is 3.62. The number of thioether (sulfide) groups is 2. The zero-order valence-electron chi connectivity index (χ0n) is 23.0. The van der Waals surface area contributed by atoms with Crippen molar-refractivity contribution in [3.05, 3.63) is 60.1 Å². The van der Waals surface area contributed by atoms with Crippen molar-refractivity contribution in [3.63, 3.8) is 0 Å². The van der Waals surface area contributed by atoms with Gasteiger partial charge in [-0.3, -0.25) is 14.2 Å². The topological polar surface area (TPSA) is 156 Å². The molecule has 3 N–H and O–H groups in total. The summed E-state index contributed by atoms with van der Waals surface area (Å²) >= 11 is 2.61. The fourth-order valence-corrected chi connectivity index (χ4v) is 5.99. The van der Waals surface area contributed by atoms with Crippen molar-refractivity contribution in [2.24, 2.45) is 10.9 Å². The van der Waals surface area contributed by atoms with Crippen molar-refractivity contribution in [2.75, 3.05) is 12.5 Å². The van der Waals surface area contributed by atoms with Crippen molar-refractivity contribution >= 4 is 69.3 Å². The van der Waals surface area contributed by atoms with Crippen molar-refractivity contribution in [1.82, 2.24) is 25.2 Å². The van der Waals surface area contributed by atoms with Crippen LogP contribution in [-0.4, -0.2) is 55.2 Å². The molecule has 1 unspecified atom stereocenters. The van der Waals surface area contributed by atoms with Crippen molar-refractivity contribution in [1.29, 1.82) is 0 Å². The summed E-state index contributed by atoms with van der Waals surface area (Å²) < 4.78 is 78.6. The Morgan fingerprint density at radius 3 is 2.13 bits per heavy atom. The van der Waals surface area contributed by atoms with Gasteiger partial charge in [-0.25, -0.2) is 14.6 Å². The van der Waals surface area contributed by atoms with Gasteiger partial charge >= 0.3 is 30.0 Å². The minimum absolute atomic E-state index is 0.0148. The van der Waals surface area contributed by atoms with Crippen LogP contribution < -0.4 is 16.3 Å². The molecule has 0 aromatic carbocycles. The standard InChI is InChI=1S/C24H22F6N6O5S4/c1-42-20-32-16(36(22(41)35-20)10-13-4-6-15(45-13)24(28,29)30)7-11(8-17(37)38)18(39)33-21(43-2)34-19(40)31-9-12-3-5-14(44-12)23(25,26)27/h3-6,11H,7-10H2,1-2H3,(H,37,38)(H2,31,33,34,39,40). The molecule has 0 saturated carbocycles. The molecule has 0 aliphatic heterocycles. The molecule has 0 fully saturated rings. The van der Waals surface area contributed by atoms with E-state index in [2.05, 4.69) is 25.6 Å². The molecule has 21 heteroatoms. The molecule has 1 atom stereocenters. The third-order valence-electron chi connectivity index (χ3n) is 5.60. The summed E-state index contributed by atoms with van der Waals surface area (Å²) in [6.07, 6.45) is -7.35. The lowest BCUT2D eigenvalue weighted by atomic mass is 10.00. The third kappa shape index (κ3) is 10.6. The number of hydrogen-bond acceptors (Lipinski definition) is 10. The second kappa shape index (κ2) is 15.2. The molecule has 244 valence electrons. The Balaban J connectivity index is 1.80. The largest absolute Gasteiger partial charge is 0.481 e. The minimum atomic E-state index is -4.60. The number of alkyl halides is 6. The Morgan fingerprint density at radius 2 is 1.60 bits per heavy atom. The molecule has 3 heterocycles. The third-order valence-corrected chi connectivity index (χ3v) is 8.97. The van der Waals surface area contributed by atoms with E-state index in [1.807, 2.05) is 0 Å². The highest BCUT2D eigenvalue weighted by molar-refractivity contribution is 8.13. The number of carboxylic acids is 1. The number of halogens is 6. The molecule has 0 bridgehead atoms. The van der Waals surface area contributed by atoms with Gasteiger partial charge in [-0.2, -0.15) is 36.3 Å². The number of nitrogens with one attached hydrogen (secondary N) is 2. The number of aliphatic carboxylic acids is 1. The number of hydrogen-bond donors (Lipinski definition) is 3. The van der Waals surface area contributed by atoms with Gasteiger partial charge in [0.25, 0.3) is 0 Å². The summed E-state index contributed by atoms with van der Waals surface area (Å²) in [5.41, 5.74) is -0.878. The predicted molar refractivity (Wildman–Crippen MR) is 157 cm³/mol. The van der Waals surface area contributed by atoms with Gasteiger partial charge in [-0.15, -0.1) is 22.7 Å². The number of amides is 3. The van der Waals surface area contributed by atoms with E-state index >= 15 is 0 Å². The first-order valence-electron chi connectivity index (χ1n) is 12.3. The SMILES string of the molecule is CSC(=NC(=O)NCc1ccc(C(F)(F)F)s1)NC(=O)C(CC(=O)O)Cc1nc(SC)nc(=O)n1Cc1ccc(C(F)(F)F)s1. The van der Waals surface area contributed by atoms with Crippen LogP contribution in [0, 0.1) is 5.92 Å². The van der Waals surface area contributed by atoms with Crippen molar-refractivity contribution < 1.29 is 45.8 Å². The number of rotatable bonds is 10. The zero-order chi connectivity index (χ0) is 33.5. The number of carbonyl (C=O) groups is 3. The molecule has 3 aromatic heterocycles. The summed E-state index contributed by atoms with van der Waals surface area (Å²) in [5, 5.41) is 13.8. The van der Waals surface area contributed by atoms with Crippen LogP contribution in [0.2, 0.25) is 0 Å². The van der Waals surface area contributed by atoms with E-state index in [0.717, 1.165) is 40.2 Å². The highest BCUT2D eigenvalue weighted by Gasteiger charge is 2.33. The second-order valence-corrected chi connectivity index (χ2v) is 12.7. The van der Waals surface area contributed by atoms with E-state index in [4.69, 9.17) is 0 Å². The summed E-state index contributed by atoms with van der Waals surface area (Å²) in [4.78, 5) is 60.1. The second-order valence-electron chi connectivity index (χ2n) is 8.79. The van der Waals surface area contributed by atoms with Crippen molar-refractivity contribution in [2.45, 2.75) is 43.4 Å². The molecule has 0 aliphatic rings. The summed E-state index contributed by atoms with van der Waals surface area (Å²) in [6.45, 7) is -0.657. The van der Waals surface area contributed by atoms with Crippen LogP contribution in [-0.2, 0) is 41.5 Å². The maximum absolute atomic E-state index is 13.2. The Hall–Kier alpha value is -3.43. The molecule has 3 rings (SSSR count). The molecule has 11 nitrogen and oxygen atoms in total. The van der Waals surface area contributed by atoms with E-state index < -0.39 is 64.5 Å². The van der Waals surface area contributed by atoms with Gasteiger partial charge < -0.3 is 15.7 Å². The zero-order valence-corrected chi connectivity index (χ0v) is 26.3. The number of carbonyl (C=O) groups excluding carboxylic acids is 2. The van der Waals surface area contributed by atoms with Gasteiger partial charge in [0, 0.05) is 16.2 Å². The van der Waals surface area contributed by atoms with Crippen LogP contribution >= 0.6 is 46.2 Å². The van der Waals surface area contributed by atoms with E-state index in [1.54, 1.807) is 6.26 Å². The number of aliphatic imine (C=N–C) groups is 1. The molecular weight excluding hydrogens is 695 g/mol. The van der Waals surface area contributed by atoms with Crippen LogP contribution in [0.15, 0.2) is 39.2 Å². The number of urea groups is 1. The van der Waals surface area contributed by atoms with Gasteiger partial charge in [-0.05, 0) is 36.8 Å². The minimum Gasteiger partial charge on any atom is -0.481 e. The number of thiophene rings is 2. The first kappa shape index (κ1) is 36.0. The lowest BCUT2D eigenvalue weighted by Gasteiger charge is -2.18. The van der Waals surface area contributed by atoms with Gasteiger partial charge in [0.2, 0.25) is 5.91 Å². The fraction of sp³-hybridized carbons (Fsp3) is 0.375. The van der Waals surface area contributed by atoms with E-state index in [9.17, 15) is 50.6 Å². The number of nitrogens with zero attached hydrogens (tertiary/aromatic N) is 4. The highest BCUT2D eigenvalue weighted by Crippen LogP contribution is 2.35. The molecule has 45 heavy (non-hydrogen) atoms. The molecule has 0 aliphatic carbocycles. The molecule has 0 spiro atoms. The van der Waals surface area contributed by atoms with Crippen LogP contribution in [0.1, 0.15) is 31.8 Å². The van der Waals surface area contributed by atoms with Crippen LogP contribution in [0.25, 0.3) is 0 Å². The average molecular weight is 717 g/mol. The lowest BCUT2D eigenvalue weighted by Crippen LogP contribution is -2.38. The molecule has 3 aromatic rings. The van der Waals surface area contributed by atoms with Crippen molar-refractivity contribution in [3.8, 4) is 0 Å². The highest BCUT2D eigenvalue weighted by atomic mass is 32.2. The van der Waals surface area contributed by atoms with Crippen LogP contribution in [0.4, 0.5) is 31.1 Å². The van der Waals surface area contributed by atoms with Gasteiger partial charge in [0.1, 0.15) is 15.6 Å². The van der Waals surface area contributed by atoms with E-state index in [-0.39, 0.29) is 39.0 Å². The Kier molecular flexibility index (Phi) is 12.2. The summed E-state index contributed by atoms with van der Waals surface area (Å²) in [6, 6.07) is 3.08. The molecular formula is C24H22F6N6O5S4. The Morgan fingerprint density at radius 1 is 1.00 bits per heavy atom. The van der Waals surface area contributed by atoms with Gasteiger partial charge in [0.15, 0.2) is 10.3 Å². The first-order chi connectivity index (χ1) is 21.0. The van der Waals surface area contributed by atoms with E-state index in [1.165, 1.54) is 18.4 Å². The van der Waals surface area contributed by atoms with Crippen LogP contribution in [0.3, 0.4) is 0 Å². The predicted octanol–water partition coefficient (Wildman–Crippen LogP) is 4.95. The molecule has 0 radical (unpaired) electrons. The quantitative estimate of drug-likeness (QED) is 0.114. The fourth-order valence-electron chi connectivity index (χ4n) is 3.57. The Labute approximate surface area is 266 Å². The summed E-state index contributed by atoms with van der Waals surface area (Å²) in [5.74, 6) is -3.83. The number of aromatic nitrogens is 3. The van der Waals surface area contributed by atoms with Gasteiger partial charge in [-0.1, -0.05) is 23.5 Å². The normalized spacial score (nSPS) is 13.0. The molecule has 3 amide bonds. The van der Waals surface area contributed by atoms with E-state index in [0.29, 0.717) is 22.7 Å². The monoisotopic (exact) mass is 716 g/mol. The Bertz CT molecular complexity index is 1630. The van der Waals surface area contributed by atoms with Crippen LogP contribution in [0.5, 0.6) is 0 Å². The summed E-state index contributed by atoms with van der Waals surface area (Å²) in [7, 11) is 0. The smallest absolute Gasteiger partial charge is 0.425 e. The lowest BCUT2D eigenvalue weighted by molar-refractivity contribution is -0.140. The maximum Gasteiger partial charge on any atom is 0.425 e.